The van der Waals surface area contributed by atoms with Gasteiger partial charge in [0, 0.05) is 22.4 Å². The van der Waals surface area contributed by atoms with E-state index in [2.05, 4.69) is 0 Å². The van der Waals surface area contributed by atoms with Crippen LogP contribution in [0.4, 0.5) is 4.79 Å². The molecule has 8 N–H and O–H groups in total. The van der Waals surface area contributed by atoms with Gasteiger partial charge >= 0.3 is 29.2 Å². The van der Waals surface area contributed by atoms with Crippen LogP contribution < -0.4 is 0 Å². The fraction of sp³-hybridized carbons (Fsp3) is 0. The summed E-state index contributed by atoms with van der Waals surface area (Å²) in [5.74, 6) is 0. The van der Waals surface area contributed by atoms with Crippen molar-refractivity contribution in [2.24, 2.45) is 0 Å². The first-order valence-electron chi connectivity index (χ1n) is 0.651. The molecular formula is CH10AgMgO6. The largest absolute Gasteiger partial charge is 0.503 e. The Morgan fingerprint density at radius 3 is 1.00 bits per heavy atom. The molecule has 0 aromatic heterocycles. The Morgan fingerprint density at radius 2 is 1.00 bits per heavy atom. The smallest absolute Gasteiger partial charge is 0.450 e. The van der Waals surface area contributed by atoms with Gasteiger partial charge in [-0.2, -0.15) is 0 Å². The van der Waals surface area contributed by atoms with Crippen molar-refractivity contribution in [1.29, 1.82) is 0 Å². The average molecular weight is 250 g/mol. The van der Waals surface area contributed by atoms with E-state index >= 15 is 0 Å². The second kappa shape index (κ2) is 38.0. The first-order valence-corrected chi connectivity index (χ1v) is 0.651. The average Bonchev–Trinajstić information content (AvgIpc) is 0.811. The quantitative estimate of drug-likeness (QED) is 0.436. The van der Waals surface area contributed by atoms with E-state index in [0.717, 1.165) is 0 Å². The van der Waals surface area contributed by atoms with E-state index in [1.165, 1.54) is 0 Å². The molecule has 0 aromatic carbocycles. The molecule has 6 nitrogen and oxygen atoms in total. The molecule has 0 atom stereocenters. The fourth-order valence-corrected chi connectivity index (χ4v) is 0. The monoisotopic (exact) mass is 249 g/mol. The van der Waals surface area contributed by atoms with Gasteiger partial charge in [0.25, 0.3) is 0 Å². The summed E-state index contributed by atoms with van der Waals surface area (Å²) in [7, 11) is 0. The third-order valence-electron chi connectivity index (χ3n) is 0. The van der Waals surface area contributed by atoms with Gasteiger partial charge in [-0.1, -0.05) is 0 Å². The predicted octanol–water partition coefficient (Wildman–Crippen LogP) is -3.17. The molecule has 0 aliphatic carbocycles. The van der Waals surface area contributed by atoms with Crippen LogP contribution in [-0.4, -0.2) is 55.8 Å². The summed E-state index contributed by atoms with van der Waals surface area (Å²) in [4.78, 5) is 8.56. The third kappa shape index (κ3) is 890. The summed E-state index contributed by atoms with van der Waals surface area (Å²) >= 11 is 0. The molecule has 0 aliphatic heterocycles. The summed E-state index contributed by atoms with van der Waals surface area (Å²) in [5.41, 5.74) is 0. The van der Waals surface area contributed by atoms with Crippen LogP contribution in [0.3, 0.4) is 0 Å². The molecule has 63 valence electrons. The molecule has 0 saturated carbocycles. The van der Waals surface area contributed by atoms with Gasteiger partial charge in [0.1, 0.15) is 0 Å². The second-order valence-electron chi connectivity index (χ2n) is 0.283. The van der Waals surface area contributed by atoms with Crippen molar-refractivity contribution in [2.45, 2.75) is 0 Å². The van der Waals surface area contributed by atoms with Crippen molar-refractivity contribution >= 4 is 29.2 Å². The van der Waals surface area contributed by atoms with Crippen LogP contribution in [-0.2, 0) is 22.4 Å². The number of rotatable bonds is 0. The van der Waals surface area contributed by atoms with Crippen LogP contribution >= 0.6 is 0 Å². The number of hydrogen-bond donors (Lipinski definition) is 2. The topological polar surface area (TPSA) is 152 Å². The first kappa shape index (κ1) is 54.1. The van der Waals surface area contributed by atoms with Crippen LogP contribution in [0.5, 0.6) is 0 Å². The standard InChI is InChI=1S/CH2O3.Ag.Mg.3H2O.2H/c2-1(3)4;;;;;;;/h(H2,2,3,4);;;3*1H2;;. The molecule has 8 heteroatoms. The Morgan fingerprint density at radius 1 is 1.00 bits per heavy atom. The van der Waals surface area contributed by atoms with Crippen molar-refractivity contribution in [2.75, 3.05) is 0 Å². The van der Waals surface area contributed by atoms with Crippen molar-refractivity contribution in [3.63, 3.8) is 0 Å². The molecule has 0 aliphatic rings. The summed E-state index contributed by atoms with van der Waals surface area (Å²) in [6.45, 7) is 0. The van der Waals surface area contributed by atoms with Gasteiger partial charge in [-0.25, -0.2) is 4.79 Å². The Balaban J connectivity index is -0.00000000450. The van der Waals surface area contributed by atoms with Crippen molar-refractivity contribution < 1.29 is 53.8 Å². The molecule has 0 bridgehead atoms. The maximum absolute atomic E-state index is 8.56. The normalized spacial score (nSPS) is 2.67. The van der Waals surface area contributed by atoms with Crippen molar-refractivity contribution in [1.82, 2.24) is 0 Å². The van der Waals surface area contributed by atoms with Gasteiger partial charge in [0.05, 0.1) is 0 Å². The second-order valence-corrected chi connectivity index (χ2v) is 0.283. The zero-order chi connectivity index (χ0) is 3.58. The van der Waals surface area contributed by atoms with E-state index in [1.807, 2.05) is 0 Å². The van der Waals surface area contributed by atoms with E-state index in [9.17, 15) is 0 Å². The molecule has 0 rings (SSSR count). The van der Waals surface area contributed by atoms with Gasteiger partial charge in [0.15, 0.2) is 0 Å². The van der Waals surface area contributed by atoms with Gasteiger partial charge < -0.3 is 26.6 Å². The summed E-state index contributed by atoms with van der Waals surface area (Å²) in [6, 6.07) is 0. The Hall–Kier alpha value is 0.656. The molecule has 9 heavy (non-hydrogen) atoms. The molecular weight excluding hydrogens is 240 g/mol. The fourth-order valence-electron chi connectivity index (χ4n) is 0. The maximum atomic E-state index is 8.56. The number of carboxylic acid groups (broad SMARTS) is 2. The molecule has 0 spiro atoms. The van der Waals surface area contributed by atoms with E-state index in [-0.39, 0.29) is 61.9 Å². The molecule has 1 radical (unpaired) electrons. The molecule has 0 saturated heterocycles. The molecule has 0 unspecified atom stereocenters. The van der Waals surface area contributed by atoms with Gasteiger partial charge in [-0.3, -0.25) is 0 Å². The van der Waals surface area contributed by atoms with Crippen molar-refractivity contribution in [3.05, 3.63) is 0 Å². The van der Waals surface area contributed by atoms with Crippen LogP contribution in [0, 0.1) is 0 Å². The number of carbonyl (C=O) groups is 1. The van der Waals surface area contributed by atoms with E-state index in [1.54, 1.807) is 0 Å². The minimum atomic E-state index is -1.83. The Kier molecular flexibility index (Phi) is 228. The third-order valence-corrected chi connectivity index (χ3v) is 0. The molecule has 0 heterocycles. The summed E-state index contributed by atoms with van der Waals surface area (Å²) in [5, 5.41) is 13.9. The molecule has 0 fully saturated rings. The van der Waals surface area contributed by atoms with Crippen molar-refractivity contribution in [3.8, 4) is 0 Å². The molecule has 0 aromatic rings. The van der Waals surface area contributed by atoms with Crippen LogP contribution in [0.15, 0.2) is 0 Å². The van der Waals surface area contributed by atoms with Gasteiger partial charge in [-0.15, -0.1) is 0 Å². The molecule has 0 amide bonds. The summed E-state index contributed by atoms with van der Waals surface area (Å²) in [6.07, 6.45) is -1.83. The van der Waals surface area contributed by atoms with E-state index < -0.39 is 6.16 Å². The number of hydrogen-bond acceptors (Lipinski definition) is 1. The maximum Gasteiger partial charge on any atom is 0.503 e. The minimum absolute atomic E-state index is 0. The van der Waals surface area contributed by atoms with E-state index in [4.69, 9.17) is 15.0 Å². The van der Waals surface area contributed by atoms with Crippen LogP contribution in [0.2, 0.25) is 0 Å². The van der Waals surface area contributed by atoms with Crippen LogP contribution in [0.25, 0.3) is 0 Å². The van der Waals surface area contributed by atoms with Gasteiger partial charge in [-0.05, 0) is 0 Å². The first-order chi connectivity index (χ1) is 1.73. The van der Waals surface area contributed by atoms with E-state index in [0.29, 0.717) is 0 Å². The Bertz CT molecular complexity index is 36.0. The van der Waals surface area contributed by atoms with Crippen LogP contribution in [0.1, 0.15) is 0 Å². The minimum Gasteiger partial charge on any atom is -0.450 e. The summed E-state index contributed by atoms with van der Waals surface area (Å²) < 4.78 is 0. The zero-order valence-electron chi connectivity index (χ0n) is 3.60. The Labute approximate surface area is 82.8 Å². The van der Waals surface area contributed by atoms with Gasteiger partial charge in [0.2, 0.25) is 0 Å². The zero-order valence-corrected chi connectivity index (χ0v) is 5.09. The SMILES string of the molecule is O.O.O.O=C(O)O.[Ag].[MgH2]. The predicted molar refractivity (Wildman–Crippen MR) is 30.0 cm³/mol.